The number of nitrogens with zero attached hydrogens (tertiary/aromatic N) is 2. The van der Waals surface area contributed by atoms with E-state index >= 15 is 0 Å². The minimum atomic E-state index is -3.58. The lowest BCUT2D eigenvalue weighted by Crippen LogP contribution is -2.45. The van der Waals surface area contributed by atoms with Gasteiger partial charge in [0.05, 0.1) is 4.90 Å². The highest BCUT2D eigenvalue weighted by Gasteiger charge is 2.24. The Hall–Kier alpha value is -0.870. The Labute approximate surface area is 181 Å². The van der Waals surface area contributed by atoms with Gasteiger partial charge in [0.1, 0.15) is 0 Å². The summed E-state index contributed by atoms with van der Waals surface area (Å²) in [7, 11) is -1.81. The molecule has 1 aromatic rings. The molecule has 1 fully saturated rings. The van der Waals surface area contributed by atoms with Gasteiger partial charge in [0.25, 0.3) is 0 Å². The highest BCUT2D eigenvalue weighted by Crippen LogP contribution is 2.19. The highest BCUT2D eigenvalue weighted by molar-refractivity contribution is 14.0. The number of piperidine rings is 1. The number of halogens is 1. The largest absolute Gasteiger partial charge is 0.352 e. The van der Waals surface area contributed by atoms with E-state index in [9.17, 15) is 8.42 Å². The number of guanidine groups is 1. The zero-order valence-electron chi connectivity index (χ0n) is 16.9. The van der Waals surface area contributed by atoms with Crippen LogP contribution in [0.25, 0.3) is 0 Å². The van der Waals surface area contributed by atoms with Crippen LogP contribution in [0.4, 0.5) is 0 Å². The molecule has 1 aliphatic rings. The number of hydrogen-bond donors (Lipinski definition) is 2. The molecule has 8 heteroatoms. The first kappa shape index (κ1) is 24.2. The maximum Gasteiger partial charge on any atom is 0.241 e. The van der Waals surface area contributed by atoms with Gasteiger partial charge in [0.2, 0.25) is 10.0 Å². The smallest absolute Gasteiger partial charge is 0.241 e. The number of aliphatic imine (C=N–C) groups is 1. The van der Waals surface area contributed by atoms with Gasteiger partial charge in [-0.05, 0) is 51.2 Å². The molecule has 154 valence electrons. The maximum atomic E-state index is 12.7. The monoisotopic (exact) mass is 508 g/mol. The summed E-state index contributed by atoms with van der Waals surface area (Å²) in [6, 6.07) is 7.10. The molecule has 6 nitrogen and oxygen atoms in total. The van der Waals surface area contributed by atoms with Gasteiger partial charge >= 0.3 is 0 Å². The third-order valence-corrected chi connectivity index (χ3v) is 6.29. The lowest BCUT2D eigenvalue weighted by molar-refractivity contribution is 0.273. The Balaban J connectivity index is 0.00000364. The first-order chi connectivity index (χ1) is 12.1. The first-order valence-electron chi connectivity index (χ1n) is 9.20. The highest BCUT2D eigenvalue weighted by atomic mass is 127. The molecule has 0 spiro atoms. The molecule has 0 radical (unpaired) electrons. The van der Waals surface area contributed by atoms with Gasteiger partial charge in [-0.25, -0.2) is 13.1 Å². The fourth-order valence-electron chi connectivity index (χ4n) is 3.10. The van der Waals surface area contributed by atoms with Crippen molar-refractivity contribution in [3.63, 3.8) is 0 Å². The molecule has 0 amide bonds. The maximum absolute atomic E-state index is 12.7. The van der Waals surface area contributed by atoms with Gasteiger partial charge in [-0.2, -0.15) is 0 Å². The van der Waals surface area contributed by atoms with Crippen molar-refractivity contribution in [1.29, 1.82) is 0 Å². The van der Waals surface area contributed by atoms with Crippen molar-refractivity contribution in [1.82, 2.24) is 14.9 Å². The molecule has 1 saturated heterocycles. The summed E-state index contributed by atoms with van der Waals surface area (Å²) in [4.78, 5) is 6.92. The van der Waals surface area contributed by atoms with Gasteiger partial charge in [-0.1, -0.05) is 25.1 Å². The summed E-state index contributed by atoms with van der Waals surface area (Å²) in [5.41, 5.74) is 0.204. The molecule has 0 atom stereocenters. The van der Waals surface area contributed by atoms with Crippen LogP contribution in [0, 0.1) is 5.92 Å². The molecule has 1 aliphatic heterocycles. The Kier molecular flexibility index (Phi) is 9.01. The molecule has 0 saturated carbocycles. The van der Waals surface area contributed by atoms with Crippen LogP contribution in [0.15, 0.2) is 34.2 Å². The molecule has 0 bridgehead atoms. The minimum Gasteiger partial charge on any atom is -0.352 e. The van der Waals surface area contributed by atoms with E-state index in [0.29, 0.717) is 11.4 Å². The quantitative estimate of drug-likeness (QED) is 0.372. The molecule has 2 N–H and O–H groups in total. The molecule has 0 aromatic heterocycles. The van der Waals surface area contributed by atoms with E-state index in [0.717, 1.165) is 43.4 Å². The Bertz CT molecular complexity index is 736. The lowest BCUT2D eigenvalue weighted by Gasteiger charge is -2.33. The van der Waals surface area contributed by atoms with Crippen LogP contribution in [-0.2, 0) is 16.6 Å². The van der Waals surface area contributed by atoms with Crippen LogP contribution in [0.2, 0.25) is 0 Å². The fraction of sp³-hybridized carbons (Fsp3) is 0.632. The number of sulfonamides is 1. The van der Waals surface area contributed by atoms with E-state index in [-0.39, 0.29) is 24.0 Å². The average molecular weight is 508 g/mol. The average Bonchev–Trinajstić information content (AvgIpc) is 2.55. The molecule has 27 heavy (non-hydrogen) atoms. The van der Waals surface area contributed by atoms with Crippen molar-refractivity contribution in [2.75, 3.05) is 20.1 Å². The van der Waals surface area contributed by atoms with Gasteiger partial charge in [-0.3, -0.25) is 4.99 Å². The zero-order chi connectivity index (χ0) is 19.4. The number of rotatable bonds is 4. The minimum absolute atomic E-state index is 0. The van der Waals surface area contributed by atoms with Gasteiger partial charge < -0.3 is 10.2 Å². The summed E-state index contributed by atoms with van der Waals surface area (Å²) >= 11 is 0. The molecule has 2 rings (SSSR count). The second-order valence-electron chi connectivity index (χ2n) is 8.03. The standard InChI is InChI=1S/C19H32N4O2S.HI/c1-15-10-12-23(13-11-15)18(20-5)21-14-16-8-6-7-9-17(16)26(24,25)22-19(2,3)4;/h6-9,15,22H,10-14H2,1-5H3,(H,20,21);1H. The van der Waals surface area contributed by atoms with E-state index in [1.165, 1.54) is 0 Å². The number of nitrogens with one attached hydrogen (secondary N) is 2. The van der Waals surface area contributed by atoms with E-state index < -0.39 is 15.6 Å². The Morgan fingerprint density at radius 1 is 1.22 bits per heavy atom. The summed E-state index contributed by atoms with van der Waals surface area (Å²) in [5.74, 6) is 1.58. The second kappa shape index (κ2) is 10.1. The van der Waals surface area contributed by atoms with Crippen LogP contribution < -0.4 is 10.0 Å². The molecule has 1 heterocycles. The number of benzene rings is 1. The second-order valence-corrected chi connectivity index (χ2v) is 9.68. The van der Waals surface area contributed by atoms with Crippen molar-refractivity contribution < 1.29 is 8.42 Å². The predicted molar refractivity (Wildman–Crippen MR) is 122 cm³/mol. The first-order valence-corrected chi connectivity index (χ1v) is 10.7. The van der Waals surface area contributed by atoms with E-state index in [2.05, 4.69) is 26.9 Å². The van der Waals surface area contributed by atoms with Crippen molar-refractivity contribution in [2.24, 2.45) is 10.9 Å². The third kappa shape index (κ3) is 7.23. The van der Waals surface area contributed by atoms with Crippen LogP contribution in [0.1, 0.15) is 46.1 Å². The van der Waals surface area contributed by atoms with Crippen molar-refractivity contribution in [3.8, 4) is 0 Å². The van der Waals surface area contributed by atoms with Crippen LogP contribution in [0.3, 0.4) is 0 Å². The number of likely N-dealkylation sites (tertiary alicyclic amines) is 1. The summed E-state index contributed by atoms with van der Waals surface area (Å²) < 4.78 is 28.2. The Morgan fingerprint density at radius 3 is 2.37 bits per heavy atom. The number of hydrogen-bond acceptors (Lipinski definition) is 3. The fourth-order valence-corrected chi connectivity index (χ4v) is 4.76. The van der Waals surface area contributed by atoms with E-state index in [4.69, 9.17) is 0 Å². The normalized spacial score (nSPS) is 16.8. The zero-order valence-corrected chi connectivity index (χ0v) is 20.1. The SMILES string of the molecule is CN=C(NCc1ccccc1S(=O)(=O)NC(C)(C)C)N1CCC(C)CC1.I. The van der Waals surface area contributed by atoms with Gasteiger partial charge in [0.15, 0.2) is 5.96 Å². The topological polar surface area (TPSA) is 73.8 Å². The third-order valence-electron chi connectivity index (χ3n) is 4.43. The van der Waals surface area contributed by atoms with Crippen LogP contribution >= 0.6 is 24.0 Å². The molecule has 0 unspecified atom stereocenters. The molecular weight excluding hydrogens is 475 g/mol. The summed E-state index contributed by atoms with van der Waals surface area (Å²) in [5, 5.41) is 3.33. The van der Waals surface area contributed by atoms with Gasteiger partial charge in [0, 0.05) is 32.2 Å². The summed E-state index contributed by atoms with van der Waals surface area (Å²) in [6.07, 6.45) is 2.31. The van der Waals surface area contributed by atoms with Crippen LogP contribution in [-0.4, -0.2) is 45.0 Å². The molecule has 0 aliphatic carbocycles. The van der Waals surface area contributed by atoms with Gasteiger partial charge in [-0.15, -0.1) is 24.0 Å². The Morgan fingerprint density at radius 2 is 1.81 bits per heavy atom. The van der Waals surface area contributed by atoms with Crippen LogP contribution in [0.5, 0.6) is 0 Å². The van der Waals surface area contributed by atoms with E-state index in [1.807, 2.05) is 32.9 Å². The molecular formula is C19H33IN4O2S. The van der Waals surface area contributed by atoms with E-state index in [1.54, 1.807) is 19.2 Å². The summed E-state index contributed by atoms with van der Waals surface area (Å²) in [6.45, 7) is 10.2. The van der Waals surface area contributed by atoms with Crippen molar-refractivity contribution in [3.05, 3.63) is 29.8 Å². The van der Waals surface area contributed by atoms with Crippen molar-refractivity contribution >= 4 is 40.0 Å². The predicted octanol–water partition coefficient (Wildman–Crippen LogP) is 3.19. The van der Waals surface area contributed by atoms with Crippen molar-refractivity contribution in [2.45, 2.75) is 57.5 Å². The lowest BCUT2D eigenvalue weighted by atomic mass is 10.00. The molecule has 1 aromatic carbocycles.